The Morgan fingerprint density at radius 1 is 1.11 bits per heavy atom. The van der Waals surface area contributed by atoms with E-state index in [1.807, 2.05) is 0 Å². The largest absolute Gasteiger partial charge is 0.304 e. The van der Waals surface area contributed by atoms with Crippen molar-refractivity contribution in [2.24, 2.45) is 0 Å². The average Bonchev–Trinajstić information content (AvgIpc) is 2.38. The van der Waals surface area contributed by atoms with Crippen molar-refractivity contribution in [1.82, 2.24) is 15.3 Å². The van der Waals surface area contributed by atoms with Crippen LogP contribution in [0.5, 0.6) is 0 Å². The van der Waals surface area contributed by atoms with Gasteiger partial charge >= 0.3 is 0 Å². The molecule has 1 saturated heterocycles. The smallest absolute Gasteiger partial charge is 0.263 e. The molecule has 0 bridgehead atoms. The molecule has 1 aliphatic heterocycles. The Labute approximate surface area is 106 Å². The summed E-state index contributed by atoms with van der Waals surface area (Å²) in [5.74, 6) is 0. The topological polar surface area (TPSA) is 18.5 Å². The summed E-state index contributed by atoms with van der Waals surface area (Å²) in [5.41, 5.74) is 4.43. The molecular weight excluding hydrogens is 236 g/mol. The third-order valence-electron chi connectivity index (χ3n) is 3.24. The van der Waals surface area contributed by atoms with E-state index in [9.17, 15) is 8.78 Å². The van der Waals surface area contributed by atoms with Crippen LogP contribution in [0.4, 0.5) is 8.78 Å². The normalized spacial score (nSPS) is 18.4. The Morgan fingerprint density at radius 2 is 1.72 bits per heavy atom. The van der Waals surface area contributed by atoms with Gasteiger partial charge in [0.15, 0.2) is 0 Å². The molecule has 1 fully saturated rings. The number of hydrazine groups is 1. The number of benzene rings is 1. The number of nitrogens with one attached hydrogen (secondary N) is 1. The van der Waals surface area contributed by atoms with Crippen LogP contribution in [-0.2, 0) is 6.54 Å². The summed E-state index contributed by atoms with van der Waals surface area (Å²) < 4.78 is 24.8. The van der Waals surface area contributed by atoms with E-state index in [0.29, 0.717) is 6.54 Å². The lowest BCUT2D eigenvalue weighted by Crippen LogP contribution is -2.50. The number of hydrogen-bond donors (Lipinski definition) is 1. The van der Waals surface area contributed by atoms with Crippen molar-refractivity contribution >= 4 is 0 Å². The average molecular weight is 255 g/mol. The highest BCUT2D eigenvalue weighted by atomic mass is 19.3. The van der Waals surface area contributed by atoms with Crippen LogP contribution in [0.2, 0.25) is 0 Å². The molecular formula is C13H19F2N3. The van der Waals surface area contributed by atoms with E-state index in [0.717, 1.165) is 31.7 Å². The minimum Gasteiger partial charge on any atom is -0.304 e. The molecule has 0 saturated carbocycles. The first-order valence-corrected chi connectivity index (χ1v) is 6.19. The van der Waals surface area contributed by atoms with Gasteiger partial charge in [-0.25, -0.2) is 13.8 Å². The van der Waals surface area contributed by atoms with Gasteiger partial charge in [-0.3, -0.25) is 5.43 Å². The quantitative estimate of drug-likeness (QED) is 0.886. The van der Waals surface area contributed by atoms with E-state index >= 15 is 0 Å². The molecule has 1 N–H and O–H groups in total. The maximum atomic E-state index is 12.4. The minimum atomic E-state index is -2.38. The molecule has 0 aromatic heterocycles. The summed E-state index contributed by atoms with van der Waals surface area (Å²) in [4.78, 5) is 2.29. The van der Waals surface area contributed by atoms with E-state index < -0.39 is 6.43 Å². The molecule has 1 heterocycles. The van der Waals surface area contributed by atoms with Crippen molar-refractivity contribution in [1.29, 1.82) is 0 Å². The highest BCUT2D eigenvalue weighted by Gasteiger charge is 2.13. The lowest BCUT2D eigenvalue weighted by atomic mass is 10.1. The van der Waals surface area contributed by atoms with Crippen LogP contribution in [0.1, 0.15) is 17.6 Å². The number of likely N-dealkylation sites (N-methyl/N-ethyl adjacent to an activating group) is 1. The molecule has 0 radical (unpaired) electrons. The first kappa shape index (κ1) is 13.4. The molecule has 0 unspecified atom stereocenters. The standard InChI is InChI=1S/C13H19F2N3/c1-17-6-8-18(9-7-17)16-10-11-2-4-12(5-3-11)13(14)15/h2-5,13,16H,6-10H2,1H3. The highest BCUT2D eigenvalue weighted by molar-refractivity contribution is 5.23. The van der Waals surface area contributed by atoms with Crippen molar-refractivity contribution in [3.63, 3.8) is 0 Å². The number of piperazine rings is 1. The Hall–Kier alpha value is -1.04. The first-order valence-electron chi connectivity index (χ1n) is 6.19. The molecule has 2 rings (SSSR count). The second-order valence-electron chi connectivity index (χ2n) is 4.67. The fourth-order valence-corrected chi connectivity index (χ4v) is 1.95. The number of halogens is 2. The molecule has 0 atom stereocenters. The minimum absolute atomic E-state index is 0.0818. The van der Waals surface area contributed by atoms with Crippen LogP contribution in [-0.4, -0.2) is 43.1 Å². The SMILES string of the molecule is CN1CCN(NCc2ccc(C(F)F)cc2)CC1. The maximum Gasteiger partial charge on any atom is 0.263 e. The Bertz CT molecular complexity index is 359. The van der Waals surface area contributed by atoms with Gasteiger partial charge in [-0.2, -0.15) is 0 Å². The van der Waals surface area contributed by atoms with Crippen molar-refractivity contribution < 1.29 is 8.78 Å². The van der Waals surface area contributed by atoms with Gasteiger partial charge < -0.3 is 4.90 Å². The zero-order chi connectivity index (χ0) is 13.0. The van der Waals surface area contributed by atoms with E-state index in [1.54, 1.807) is 12.1 Å². The fraction of sp³-hybridized carbons (Fsp3) is 0.538. The number of nitrogens with zero attached hydrogens (tertiary/aromatic N) is 2. The lowest BCUT2D eigenvalue weighted by Gasteiger charge is -2.32. The van der Waals surface area contributed by atoms with Gasteiger partial charge in [-0.05, 0) is 12.6 Å². The second-order valence-corrected chi connectivity index (χ2v) is 4.67. The lowest BCUT2D eigenvalue weighted by molar-refractivity contribution is 0.102. The van der Waals surface area contributed by atoms with Crippen LogP contribution in [0, 0.1) is 0 Å². The second kappa shape index (κ2) is 6.22. The van der Waals surface area contributed by atoms with Crippen LogP contribution >= 0.6 is 0 Å². The highest BCUT2D eigenvalue weighted by Crippen LogP contribution is 2.18. The van der Waals surface area contributed by atoms with E-state index in [4.69, 9.17) is 0 Å². The predicted molar refractivity (Wildman–Crippen MR) is 67.3 cm³/mol. The number of alkyl halides is 2. The van der Waals surface area contributed by atoms with Crippen molar-refractivity contribution in [3.8, 4) is 0 Å². The molecule has 3 nitrogen and oxygen atoms in total. The Balaban J connectivity index is 1.79. The van der Waals surface area contributed by atoms with Crippen molar-refractivity contribution in [3.05, 3.63) is 35.4 Å². The number of hydrogen-bond acceptors (Lipinski definition) is 3. The summed E-state index contributed by atoms with van der Waals surface area (Å²) in [5, 5.41) is 2.18. The molecule has 0 amide bonds. The van der Waals surface area contributed by atoms with E-state index in [2.05, 4.69) is 22.4 Å². The molecule has 0 aliphatic carbocycles. The van der Waals surface area contributed by atoms with E-state index in [1.165, 1.54) is 12.1 Å². The van der Waals surface area contributed by atoms with Crippen LogP contribution in [0.15, 0.2) is 24.3 Å². The predicted octanol–water partition coefficient (Wildman–Crippen LogP) is 1.88. The molecule has 100 valence electrons. The van der Waals surface area contributed by atoms with Gasteiger partial charge in [0, 0.05) is 38.3 Å². The van der Waals surface area contributed by atoms with Crippen molar-refractivity contribution in [2.45, 2.75) is 13.0 Å². The summed E-state index contributed by atoms with van der Waals surface area (Å²) in [7, 11) is 2.11. The zero-order valence-electron chi connectivity index (χ0n) is 10.6. The monoisotopic (exact) mass is 255 g/mol. The fourth-order valence-electron chi connectivity index (χ4n) is 1.95. The molecule has 18 heavy (non-hydrogen) atoms. The molecule has 1 aromatic carbocycles. The Morgan fingerprint density at radius 3 is 2.28 bits per heavy atom. The summed E-state index contributed by atoms with van der Waals surface area (Å²) in [6, 6.07) is 6.49. The molecule has 1 aromatic rings. The summed E-state index contributed by atoms with van der Waals surface area (Å²) >= 11 is 0. The Kier molecular flexibility index (Phi) is 4.63. The first-order chi connectivity index (χ1) is 8.65. The van der Waals surface area contributed by atoms with Gasteiger partial charge in [-0.1, -0.05) is 24.3 Å². The zero-order valence-corrected chi connectivity index (χ0v) is 10.6. The maximum absolute atomic E-state index is 12.4. The van der Waals surface area contributed by atoms with E-state index in [-0.39, 0.29) is 5.56 Å². The van der Waals surface area contributed by atoms with Gasteiger partial charge in [0.1, 0.15) is 0 Å². The van der Waals surface area contributed by atoms with Gasteiger partial charge in [0.2, 0.25) is 0 Å². The molecule has 1 aliphatic rings. The third-order valence-corrected chi connectivity index (χ3v) is 3.24. The van der Waals surface area contributed by atoms with Crippen LogP contribution < -0.4 is 5.43 Å². The van der Waals surface area contributed by atoms with Crippen molar-refractivity contribution in [2.75, 3.05) is 33.2 Å². The summed E-state index contributed by atoms with van der Waals surface area (Å²) in [6.07, 6.45) is -2.38. The molecule has 5 heteroatoms. The van der Waals surface area contributed by atoms with Gasteiger partial charge in [-0.15, -0.1) is 0 Å². The molecule has 0 spiro atoms. The summed E-state index contributed by atoms with van der Waals surface area (Å²) in [6.45, 7) is 4.78. The van der Waals surface area contributed by atoms with Crippen LogP contribution in [0.3, 0.4) is 0 Å². The number of rotatable bonds is 4. The third kappa shape index (κ3) is 3.73. The van der Waals surface area contributed by atoms with Gasteiger partial charge in [0.05, 0.1) is 0 Å². The van der Waals surface area contributed by atoms with Gasteiger partial charge in [0.25, 0.3) is 6.43 Å². The van der Waals surface area contributed by atoms with Crippen LogP contribution in [0.25, 0.3) is 0 Å².